The molecular formula is C20H40O2Si. The van der Waals surface area contributed by atoms with Gasteiger partial charge in [0.1, 0.15) is 0 Å². The lowest BCUT2D eigenvalue weighted by Gasteiger charge is -2.23. The average Bonchev–Trinajstić information content (AvgIpc) is 2.80. The molecule has 0 aliphatic heterocycles. The van der Waals surface area contributed by atoms with Gasteiger partial charge in [0.05, 0.1) is 5.76 Å². The van der Waals surface area contributed by atoms with Crippen LogP contribution in [0, 0.1) is 11.8 Å². The Bertz CT molecular complexity index is 309. The van der Waals surface area contributed by atoms with E-state index in [9.17, 15) is 0 Å². The summed E-state index contributed by atoms with van der Waals surface area (Å²) in [5.74, 6) is 2.65. The Balaban J connectivity index is 2.51. The first kappa shape index (κ1) is 20.8. The molecule has 1 fully saturated rings. The molecule has 1 rings (SSSR count). The lowest BCUT2D eigenvalue weighted by Crippen LogP contribution is -2.25. The molecule has 0 aromatic heterocycles. The van der Waals surface area contributed by atoms with Gasteiger partial charge >= 0.3 is 9.28 Å². The molecule has 23 heavy (non-hydrogen) atoms. The molecule has 3 heteroatoms. The van der Waals surface area contributed by atoms with Crippen LogP contribution in [0.1, 0.15) is 91.9 Å². The Labute approximate surface area is 146 Å². The Morgan fingerprint density at radius 2 is 1.83 bits per heavy atom. The maximum absolute atomic E-state index is 6.32. The maximum atomic E-state index is 6.32. The number of hydrogen-bond donors (Lipinski definition) is 0. The van der Waals surface area contributed by atoms with Gasteiger partial charge in [0.15, 0.2) is 0 Å². The highest BCUT2D eigenvalue weighted by atomic mass is 28.3. The maximum Gasteiger partial charge on any atom is 0.382 e. The molecular weight excluding hydrogens is 300 g/mol. The standard InChI is InChI=1S/C20H40O2Si/c1-5-8-13-19(6-2)17-23(21-7-3)22-18(4)16-20-14-11-9-10-12-15-20/h16,19-20,23H,5-15,17H2,1-4H3. The number of unbranched alkanes of at least 4 members (excludes halogenated alkanes) is 1. The Morgan fingerprint density at radius 3 is 2.39 bits per heavy atom. The van der Waals surface area contributed by atoms with E-state index >= 15 is 0 Å². The van der Waals surface area contributed by atoms with Gasteiger partial charge in [0.2, 0.25) is 0 Å². The van der Waals surface area contributed by atoms with Crippen LogP contribution in [-0.2, 0) is 8.85 Å². The zero-order valence-electron chi connectivity index (χ0n) is 16.1. The Kier molecular flexibility index (Phi) is 11.8. The molecule has 0 spiro atoms. The van der Waals surface area contributed by atoms with Crippen LogP contribution in [-0.4, -0.2) is 15.9 Å². The molecule has 0 aromatic carbocycles. The van der Waals surface area contributed by atoms with Crippen molar-refractivity contribution in [2.75, 3.05) is 6.61 Å². The second kappa shape index (κ2) is 13.1. The highest BCUT2D eigenvalue weighted by Gasteiger charge is 2.21. The van der Waals surface area contributed by atoms with Gasteiger partial charge in [-0.25, -0.2) is 0 Å². The Morgan fingerprint density at radius 1 is 1.13 bits per heavy atom. The first-order valence-corrected chi connectivity index (χ1v) is 11.9. The van der Waals surface area contributed by atoms with Crippen LogP contribution in [0.15, 0.2) is 11.8 Å². The third kappa shape index (κ3) is 9.56. The van der Waals surface area contributed by atoms with Crippen LogP contribution >= 0.6 is 0 Å². The van der Waals surface area contributed by atoms with Gasteiger partial charge in [-0.3, -0.25) is 0 Å². The SMILES string of the molecule is CCCCC(CC)C[SiH](OCC)OC(C)=CC1CCCCCC1. The monoisotopic (exact) mass is 340 g/mol. The second-order valence-electron chi connectivity index (χ2n) is 7.18. The molecule has 2 unspecified atom stereocenters. The van der Waals surface area contributed by atoms with E-state index in [1.165, 1.54) is 70.3 Å². The lowest BCUT2D eigenvalue weighted by atomic mass is 10.00. The van der Waals surface area contributed by atoms with Crippen molar-refractivity contribution in [2.45, 2.75) is 97.9 Å². The zero-order chi connectivity index (χ0) is 16.9. The van der Waals surface area contributed by atoms with E-state index in [0.717, 1.165) is 24.2 Å². The van der Waals surface area contributed by atoms with Crippen molar-refractivity contribution in [3.8, 4) is 0 Å². The minimum absolute atomic E-state index is 0.732. The summed E-state index contributed by atoms with van der Waals surface area (Å²) in [5, 5.41) is 0. The van der Waals surface area contributed by atoms with Crippen LogP contribution < -0.4 is 0 Å². The minimum atomic E-state index is -1.56. The van der Waals surface area contributed by atoms with Crippen molar-refractivity contribution in [3.63, 3.8) is 0 Å². The molecule has 1 aliphatic carbocycles. The number of hydrogen-bond acceptors (Lipinski definition) is 2. The van der Waals surface area contributed by atoms with Crippen LogP contribution in [0.5, 0.6) is 0 Å². The van der Waals surface area contributed by atoms with Crippen molar-refractivity contribution < 1.29 is 8.85 Å². The van der Waals surface area contributed by atoms with E-state index in [1.807, 2.05) is 0 Å². The molecule has 2 nitrogen and oxygen atoms in total. The summed E-state index contributed by atoms with van der Waals surface area (Å²) in [6, 6.07) is 1.17. The highest BCUT2D eigenvalue weighted by molar-refractivity contribution is 6.44. The molecule has 1 aliphatic rings. The number of rotatable bonds is 11. The van der Waals surface area contributed by atoms with E-state index in [2.05, 4.69) is 33.8 Å². The zero-order valence-corrected chi connectivity index (χ0v) is 17.3. The van der Waals surface area contributed by atoms with Gasteiger partial charge < -0.3 is 8.85 Å². The summed E-state index contributed by atoms with van der Waals surface area (Å²) in [4.78, 5) is 0. The van der Waals surface area contributed by atoms with Gasteiger partial charge in [-0.15, -0.1) is 0 Å². The summed E-state index contributed by atoms with van der Waals surface area (Å²) < 4.78 is 12.3. The van der Waals surface area contributed by atoms with Crippen molar-refractivity contribution in [1.29, 1.82) is 0 Å². The fourth-order valence-corrected chi connectivity index (χ4v) is 5.92. The fourth-order valence-electron chi connectivity index (χ4n) is 3.65. The van der Waals surface area contributed by atoms with Crippen molar-refractivity contribution in [2.24, 2.45) is 11.8 Å². The van der Waals surface area contributed by atoms with Gasteiger partial charge in [-0.05, 0) is 44.6 Å². The molecule has 0 aromatic rings. The van der Waals surface area contributed by atoms with E-state index in [-0.39, 0.29) is 0 Å². The van der Waals surface area contributed by atoms with Crippen LogP contribution in [0.3, 0.4) is 0 Å². The molecule has 136 valence electrons. The van der Waals surface area contributed by atoms with Crippen LogP contribution in [0.2, 0.25) is 6.04 Å². The van der Waals surface area contributed by atoms with Crippen LogP contribution in [0.25, 0.3) is 0 Å². The molecule has 2 atom stereocenters. The summed E-state index contributed by atoms with van der Waals surface area (Å²) in [6.07, 6.45) is 15.9. The molecule has 0 radical (unpaired) electrons. The van der Waals surface area contributed by atoms with Crippen LogP contribution in [0.4, 0.5) is 0 Å². The molecule has 0 saturated heterocycles. The van der Waals surface area contributed by atoms with E-state index < -0.39 is 9.28 Å². The smallest absolute Gasteiger partial charge is 0.382 e. The predicted molar refractivity (Wildman–Crippen MR) is 103 cm³/mol. The second-order valence-corrected chi connectivity index (χ2v) is 9.08. The molecule has 0 bridgehead atoms. The predicted octanol–water partition coefficient (Wildman–Crippen LogP) is 6.35. The third-order valence-corrected chi connectivity index (χ3v) is 7.50. The van der Waals surface area contributed by atoms with E-state index in [4.69, 9.17) is 8.85 Å². The first-order chi connectivity index (χ1) is 11.2. The molecule has 0 heterocycles. The summed E-state index contributed by atoms with van der Waals surface area (Å²) in [5.41, 5.74) is 0. The van der Waals surface area contributed by atoms with Gasteiger partial charge in [-0.2, -0.15) is 0 Å². The largest absolute Gasteiger partial charge is 0.526 e. The van der Waals surface area contributed by atoms with Gasteiger partial charge in [-0.1, -0.05) is 65.2 Å². The third-order valence-electron chi connectivity index (χ3n) is 5.11. The van der Waals surface area contributed by atoms with Gasteiger partial charge in [0, 0.05) is 12.7 Å². The minimum Gasteiger partial charge on any atom is -0.526 e. The van der Waals surface area contributed by atoms with Gasteiger partial charge in [0.25, 0.3) is 0 Å². The fraction of sp³-hybridized carbons (Fsp3) is 0.900. The molecule has 0 amide bonds. The number of allylic oxidation sites excluding steroid dienone is 2. The average molecular weight is 341 g/mol. The topological polar surface area (TPSA) is 18.5 Å². The normalized spacial score (nSPS) is 20.1. The molecule has 1 saturated carbocycles. The van der Waals surface area contributed by atoms with Crippen molar-refractivity contribution in [1.82, 2.24) is 0 Å². The summed E-state index contributed by atoms with van der Waals surface area (Å²) >= 11 is 0. The summed E-state index contributed by atoms with van der Waals surface area (Å²) in [7, 11) is -1.56. The molecule has 0 N–H and O–H groups in total. The highest BCUT2D eigenvalue weighted by Crippen LogP contribution is 2.26. The summed E-state index contributed by atoms with van der Waals surface area (Å²) in [6.45, 7) is 9.63. The quantitative estimate of drug-likeness (QED) is 0.248. The Hall–Kier alpha value is -0.283. The first-order valence-electron chi connectivity index (χ1n) is 10.2. The lowest BCUT2D eigenvalue weighted by molar-refractivity contribution is 0.237. The van der Waals surface area contributed by atoms with Crippen molar-refractivity contribution in [3.05, 3.63) is 11.8 Å². The van der Waals surface area contributed by atoms with E-state index in [1.54, 1.807) is 0 Å². The van der Waals surface area contributed by atoms with Crippen molar-refractivity contribution >= 4 is 9.28 Å². The van der Waals surface area contributed by atoms with E-state index in [0.29, 0.717) is 0 Å².